The summed E-state index contributed by atoms with van der Waals surface area (Å²) in [5, 5.41) is 2.94. The number of rotatable bonds is 5. The molecule has 0 heterocycles. The van der Waals surface area contributed by atoms with E-state index in [2.05, 4.69) is 5.32 Å². The number of nitrogen functional groups attached to an aromatic ring is 1. The molecule has 1 amide bonds. The van der Waals surface area contributed by atoms with Gasteiger partial charge in [0, 0.05) is 12.2 Å². The second-order valence-electron chi connectivity index (χ2n) is 5.00. The lowest BCUT2D eigenvalue weighted by Gasteiger charge is -2.06. The second kappa shape index (κ2) is 6.75. The van der Waals surface area contributed by atoms with Crippen LogP contribution in [-0.2, 0) is 17.6 Å². The summed E-state index contributed by atoms with van der Waals surface area (Å²) in [7, 11) is 0. The summed E-state index contributed by atoms with van der Waals surface area (Å²) in [5.41, 5.74) is 9.82. The Kier molecular flexibility index (Phi) is 4.77. The van der Waals surface area contributed by atoms with Crippen molar-refractivity contribution in [2.75, 3.05) is 12.3 Å². The van der Waals surface area contributed by atoms with Gasteiger partial charge in [-0.05, 0) is 36.6 Å². The Hall–Kier alpha value is -2.29. The number of hydrogen-bond acceptors (Lipinski definition) is 2. The normalized spacial score (nSPS) is 10.2. The lowest BCUT2D eigenvalue weighted by molar-refractivity contribution is -0.120. The first-order chi connectivity index (χ1) is 9.63. The van der Waals surface area contributed by atoms with Gasteiger partial charge in [-0.2, -0.15) is 0 Å². The average molecular weight is 268 g/mol. The van der Waals surface area contributed by atoms with E-state index in [-0.39, 0.29) is 5.91 Å². The molecule has 0 aliphatic heterocycles. The Balaban J connectivity index is 1.75. The Morgan fingerprint density at radius 1 is 1.00 bits per heavy atom. The predicted molar refractivity (Wildman–Crippen MR) is 82.5 cm³/mol. The monoisotopic (exact) mass is 268 g/mol. The van der Waals surface area contributed by atoms with Gasteiger partial charge >= 0.3 is 0 Å². The fourth-order valence-electron chi connectivity index (χ4n) is 1.98. The van der Waals surface area contributed by atoms with Gasteiger partial charge in [0.05, 0.1) is 6.42 Å². The highest BCUT2D eigenvalue weighted by atomic mass is 16.1. The summed E-state index contributed by atoms with van der Waals surface area (Å²) in [5.74, 6) is 0.0595. The number of nitrogens with two attached hydrogens (primary N) is 1. The van der Waals surface area contributed by atoms with Crippen molar-refractivity contribution in [1.82, 2.24) is 5.32 Å². The topological polar surface area (TPSA) is 55.1 Å². The van der Waals surface area contributed by atoms with Crippen LogP contribution in [0.5, 0.6) is 0 Å². The SMILES string of the molecule is Cc1ccc(CC(=O)NCCc2ccc(N)cc2)cc1. The van der Waals surface area contributed by atoms with Crippen molar-refractivity contribution in [2.24, 2.45) is 0 Å². The van der Waals surface area contributed by atoms with Gasteiger partial charge in [0.1, 0.15) is 0 Å². The van der Waals surface area contributed by atoms with E-state index in [0.717, 1.165) is 17.7 Å². The van der Waals surface area contributed by atoms with Crippen LogP contribution in [0.2, 0.25) is 0 Å². The molecule has 0 aliphatic carbocycles. The third kappa shape index (κ3) is 4.43. The molecule has 0 aliphatic rings. The van der Waals surface area contributed by atoms with Crippen LogP contribution in [0.1, 0.15) is 16.7 Å². The Labute approximate surface area is 119 Å². The molecule has 2 aromatic rings. The van der Waals surface area contributed by atoms with Crippen molar-refractivity contribution in [3.8, 4) is 0 Å². The molecule has 3 heteroatoms. The molecule has 2 rings (SSSR count). The molecule has 0 bridgehead atoms. The third-order valence-electron chi connectivity index (χ3n) is 3.20. The Bertz CT molecular complexity index is 559. The van der Waals surface area contributed by atoms with Crippen molar-refractivity contribution < 1.29 is 4.79 Å². The van der Waals surface area contributed by atoms with Crippen molar-refractivity contribution in [1.29, 1.82) is 0 Å². The maximum atomic E-state index is 11.8. The maximum Gasteiger partial charge on any atom is 0.224 e. The van der Waals surface area contributed by atoms with E-state index in [1.54, 1.807) is 0 Å². The van der Waals surface area contributed by atoms with E-state index in [4.69, 9.17) is 5.73 Å². The number of aryl methyl sites for hydroxylation is 1. The molecule has 0 spiro atoms. The van der Waals surface area contributed by atoms with Crippen LogP contribution < -0.4 is 11.1 Å². The number of amides is 1. The summed E-state index contributed by atoms with van der Waals surface area (Å²) >= 11 is 0. The molecule has 0 saturated carbocycles. The highest BCUT2D eigenvalue weighted by molar-refractivity contribution is 5.78. The van der Waals surface area contributed by atoms with Crippen LogP contribution in [-0.4, -0.2) is 12.5 Å². The van der Waals surface area contributed by atoms with Crippen LogP contribution in [0.3, 0.4) is 0 Å². The first-order valence-corrected chi connectivity index (χ1v) is 6.80. The van der Waals surface area contributed by atoms with Crippen molar-refractivity contribution in [3.05, 3.63) is 65.2 Å². The van der Waals surface area contributed by atoms with Crippen LogP contribution in [0, 0.1) is 6.92 Å². The second-order valence-corrected chi connectivity index (χ2v) is 5.00. The van der Waals surface area contributed by atoms with Crippen molar-refractivity contribution in [3.63, 3.8) is 0 Å². The minimum atomic E-state index is 0.0595. The smallest absolute Gasteiger partial charge is 0.224 e. The van der Waals surface area contributed by atoms with Gasteiger partial charge in [-0.1, -0.05) is 42.0 Å². The molecule has 2 aromatic carbocycles. The minimum Gasteiger partial charge on any atom is -0.399 e. The summed E-state index contributed by atoms with van der Waals surface area (Å²) in [6, 6.07) is 15.8. The largest absolute Gasteiger partial charge is 0.399 e. The molecule has 0 radical (unpaired) electrons. The fraction of sp³-hybridized carbons (Fsp3) is 0.235. The van der Waals surface area contributed by atoms with Crippen molar-refractivity contribution in [2.45, 2.75) is 19.8 Å². The average Bonchev–Trinajstić information content (AvgIpc) is 2.44. The van der Waals surface area contributed by atoms with E-state index in [0.29, 0.717) is 13.0 Å². The zero-order valence-corrected chi connectivity index (χ0v) is 11.7. The number of anilines is 1. The van der Waals surface area contributed by atoms with Crippen molar-refractivity contribution >= 4 is 11.6 Å². The summed E-state index contributed by atoms with van der Waals surface area (Å²) in [4.78, 5) is 11.8. The van der Waals surface area contributed by atoms with Gasteiger partial charge < -0.3 is 11.1 Å². The lowest BCUT2D eigenvalue weighted by atomic mass is 10.1. The molecule has 0 atom stereocenters. The summed E-state index contributed by atoms with van der Waals surface area (Å²) < 4.78 is 0. The molecule has 104 valence electrons. The lowest BCUT2D eigenvalue weighted by Crippen LogP contribution is -2.27. The first kappa shape index (κ1) is 14.1. The Morgan fingerprint density at radius 2 is 1.60 bits per heavy atom. The van der Waals surface area contributed by atoms with E-state index in [9.17, 15) is 4.79 Å². The van der Waals surface area contributed by atoms with Crippen LogP contribution in [0.25, 0.3) is 0 Å². The summed E-state index contributed by atoms with van der Waals surface area (Å²) in [6.45, 7) is 2.69. The molecule has 0 unspecified atom stereocenters. The molecule has 3 nitrogen and oxygen atoms in total. The first-order valence-electron chi connectivity index (χ1n) is 6.80. The number of benzene rings is 2. The van der Waals surface area contributed by atoms with Gasteiger partial charge in [-0.15, -0.1) is 0 Å². The number of carbonyl (C=O) groups excluding carboxylic acids is 1. The maximum absolute atomic E-state index is 11.8. The zero-order chi connectivity index (χ0) is 14.4. The van der Waals surface area contributed by atoms with Gasteiger partial charge in [0.2, 0.25) is 5.91 Å². The molecular weight excluding hydrogens is 248 g/mol. The Morgan fingerprint density at radius 3 is 2.25 bits per heavy atom. The van der Waals surface area contributed by atoms with E-state index in [1.165, 1.54) is 11.1 Å². The highest BCUT2D eigenvalue weighted by Gasteiger charge is 2.02. The van der Waals surface area contributed by atoms with Gasteiger partial charge in [0.15, 0.2) is 0 Å². The van der Waals surface area contributed by atoms with Gasteiger partial charge in [0.25, 0.3) is 0 Å². The molecule has 3 N–H and O–H groups in total. The van der Waals surface area contributed by atoms with Gasteiger partial charge in [-0.3, -0.25) is 4.79 Å². The fourth-order valence-corrected chi connectivity index (χ4v) is 1.98. The summed E-state index contributed by atoms with van der Waals surface area (Å²) in [6.07, 6.45) is 1.25. The quantitative estimate of drug-likeness (QED) is 0.819. The molecule has 0 saturated heterocycles. The highest BCUT2D eigenvalue weighted by Crippen LogP contribution is 2.06. The van der Waals surface area contributed by atoms with E-state index >= 15 is 0 Å². The molecular formula is C17H20N2O. The van der Waals surface area contributed by atoms with Crippen LogP contribution in [0.4, 0.5) is 5.69 Å². The zero-order valence-electron chi connectivity index (χ0n) is 11.7. The van der Waals surface area contributed by atoms with Gasteiger partial charge in [-0.25, -0.2) is 0 Å². The standard InChI is InChI=1S/C17H20N2O/c1-13-2-4-15(5-3-13)12-17(20)19-11-10-14-6-8-16(18)9-7-14/h2-9H,10-12,18H2,1H3,(H,19,20). The minimum absolute atomic E-state index is 0.0595. The van der Waals surface area contributed by atoms with Crippen LogP contribution in [0.15, 0.2) is 48.5 Å². The van der Waals surface area contributed by atoms with Crippen LogP contribution >= 0.6 is 0 Å². The number of carbonyl (C=O) groups is 1. The number of nitrogens with one attached hydrogen (secondary N) is 1. The molecule has 0 fully saturated rings. The van der Waals surface area contributed by atoms with E-state index < -0.39 is 0 Å². The van der Waals surface area contributed by atoms with E-state index in [1.807, 2.05) is 55.5 Å². The number of hydrogen-bond donors (Lipinski definition) is 2. The molecule has 0 aromatic heterocycles. The third-order valence-corrected chi connectivity index (χ3v) is 3.20. The molecule has 20 heavy (non-hydrogen) atoms. The predicted octanol–water partition coefficient (Wildman–Crippen LogP) is 2.48.